The minimum Gasteiger partial charge on any atom is -0.313 e. The summed E-state index contributed by atoms with van der Waals surface area (Å²) in [6.07, 6.45) is 6.46. The van der Waals surface area contributed by atoms with Crippen molar-refractivity contribution < 1.29 is 4.39 Å². The summed E-state index contributed by atoms with van der Waals surface area (Å²) in [4.78, 5) is 0. The van der Waals surface area contributed by atoms with Gasteiger partial charge < -0.3 is 5.32 Å². The van der Waals surface area contributed by atoms with Gasteiger partial charge in [0.15, 0.2) is 0 Å². The largest absolute Gasteiger partial charge is 0.313 e. The Morgan fingerprint density at radius 3 is 2.50 bits per heavy atom. The van der Waals surface area contributed by atoms with Crippen molar-refractivity contribution in [1.82, 2.24) is 5.32 Å². The summed E-state index contributed by atoms with van der Waals surface area (Å²) in [5, 5.41) is 3.30. The van der Waals surface area contributed by atoms with Crippen LogP contribution in [0.5, 0.6) is 0 Å². The highest BCUT2D eigenvalue weighted by atomic mass is 19.1. The molecule has 0 spiro atoms. The van der Waals surface area contributed by atoms with Crippen molar-refractivity contribution in [3.63, 3.8) is 0 Å². The third-order valence-electron chi connectivity index (χ3n) is 3.16. The van der Waals surface area contributed by atoms with Gasteiger partial charge in [-0.2, -0.15) is 0 Å². The fraction of sp³-hybridized carbons (Fsp3) is 0.625. The van der Waals surface area contributed by atoms with E-state index in [0.717, 1.165) is 18.0 Å². The number of halogens is 1. The maximum atomic E-state index is 13.3. The van der Waals surface area contributed by atoms with E-state index >= 15 is 0 Å². The van der Waals surface area contributed by atoms with E-state index in [1.807, 2.05) is 12.1 Å². The third-order valence-corrected chi connectivity index (χ3v) is 3.16. The average Bonchev–Trinajstić information content (AvgIpc) is 2.34. The first-order valence-electron chi connectivity index (χ1n) is 7.14. The SMILES string of the molecule is CC(C)CCCCCCNCc1ccccc1F. The van der Waals surface area contributed by atoms with Gasteiger partial charge >= 0.3 is 0 Å². The molecule has 18 heavy (non-hydrogen) atoms. The molecule has 1 nitrogen and oxygen atoms in total. The Kier molecular flexibility index (Phi) is 7.66. The second-order valence-corrected chi connectivity index (χ2v) is 5.36. The van der Waals surface area contributed by atoms with Gasteiger partial charge in [0.1, 0.15) is 5.82 Å². The number of unbranched alkanes of at least 4 members (excludes halogenated alkanes) is 3. The Morgan fingerprint density at radius 2 is 1.78 bits per heavy atom. The van der Waals surface area contributed by atoms with Gasteiger partial charge in [0, 0.05) is 12.1 Å². The van der Waals surface area contributed by atoms with Gasteiger partial charge in [-0.15, -0.1) is 0 Å². The molecule has 1 rings (SSSR count). The van der Waals surface area contributed by atoms with Crippen LogP contribution >= 0.6 is 0 Å². The van der Waals surface area contributed by atoms with Crippen molar-refractivity contribution in [3.05, 3.63) is 35.6 Å². The molecule has 0 bridgehead atoms. The summed E-state index contributed by atoms with van der Waals surface area (Å²) in [5.74, 6) is 0.714. The molecule has 0 radical (unpaired) electrons. The molecule has 0 heterocycles. The van der Waals surface area contributed by atoms with Crippen LogP contribution in [0.25, 0.3) is 0 Å². The number of benzene rings is 1. The molecule has 0 fully saturated rings. The molecule has 0 unspecified atom stereocenters. The maximum Gasteiger partial charge on any atom is 0.127 e. The van der Waals surface area contributed by atoms with Crippen LogP contribution in [0.3, 0.4) is 0 Å². The van der Waals surface area contributed by atoms with Crippen LogP contribution in [0.2, 0.25) is 0 Å². The van der Waals surface area contributed by atoms with Crippen LogP contribution in [-0.2, 0) is 6.54 Å². The van der Waals surface area contributed by atoms with E-state index < -0.39 is 0 Å². The predicted octanol–water partition coefficient (Wildman–Crippen LogP) is 4.52. The smallest absolute Gasteiger partial charge is 0.127 e. The fourth-order valence-electron chi connectivity index (χ4n) is 2.02. The molecule has 102 valence electrons. The first-order valence-corrected chi connectivity index (χ1v) is 7.14. The van der Waals surface area contributed by atoms with Crippen molar-refractivity contribution >= 4 is 0 Å². The molecule has 1 aromatic carbocycles. The van der Waals surface area contributed by atoms with E-state index in [9.17, 15) is 4.39 Å². The van der Waals surface area contributed by atoms with Crippen LogP contribution in [0.15, 0.2) is 24.3 Å². The summed E-state index contributed by atoms with van der Waals surface area (Å²) in [6, 6.07) is 6.97. The molecule has 0 aliphatic heterocycles. The zero-order valence-electron chi connectivity index (χ0n) is 11.7. The van der Waals surface area contributed by atoms with Crippen molar-refractivity contribution in [3.8, 4) is 0 Å². The predicted molar refractivity (Wildman–Crippen MR) is 76.0 cm³/mol. The molecule has 0 saturated carbocycles. The molecule has 1 aromatic rings. The van der Waals surface area contributed by atoms with Crippen LogP contribution in [0.1, 0.15) is 51.5 Å². The Balaban J connectivity index is 1.98. The second kappa shape index (κ2) is 9.09. The molecular formula is C16H26FN. The molecule has 0 amide bonds. The first kappa shape index (κ1) is 15.2. The van der Waals surface area contributed by atoms with E-state index in [4.69, 9.17) is 0 Å². The molecule has 2 heteroatoms. The Morgan fingerprint density at radius 1 is 1.06 bits per heavy atom. The van der Waals surface area contributed by atoms with Crippen molar-refractivity contribution in [2.45, 2.75) is 52.5 Å². The van der Waals surface area contributed by atoms with Crippen LogP contribution < -0.4 is 5.32 Å². The quantitative estimate of drug-likeness (QED) is 0.636. The van der Waals surface area contributed by atoms with Gasteiger partial charge in [0.25, 0.3) is 0 Å². The Bertz CT molecular complexity index is 323. The lowest BCUT2D eigenvalue weighted by molar-refractivity contribution is 0.510. The number of nitrogens with one attached hydrogen (secondary N) is 1. The van der Waals surface area contributed by atoms with Crippen LogP contribution in [0.4, 0.5) is 4.39 Å². The lowest BCUT2D eigenvalue weighted by Crippen LogP contribution is -2.15. The number of hydrogen-bond donors (Lipinski definition) is 1. The van der Waals surface area contributed by atoms with Crippen molar-refractivity contribution in [2.75, 3.05) is 6.54 Å². The lowest BCUT2D eigenvalue weighted by atomic mass is 10.0. The maximum absolute atomic E-state index is 13.3. The average molecular weight is 251 g/mol. The highest BCUT2D eigenvalue weighted by Gasteiger charge is 1.99. The summed E-state index contributed by atoms with van der Waals surface area (Å²) in [6.45, 7) is 6.17. The topological polar surface area (TPSA) is 12.0 Å². The first-order chi connectivity index (χ1) is 8.70. The van der Waals surface area contributed by atoms with Gasteiger partial charge in [0.2, 0.25) is 0 Å². The monoisotopic (exact) mass is 251 g/mol. The molecule has 0 saturated heterocycles. The minimum absolute atomic E-state index is 0.109. The van der Waals surface area contributed by atoms with E-state index in [2.05, 4.69) is 19.2 Å². The summed E-state index contributed by atoms with van der Waals surface area (Å²) < 4.78 is 13.3. The minimum atomic E-state index is -0.109. The second-order valence-electron chi connectivity index (χ2n) is 5.36. The zero-order valence-corrected chi connectivity index (χ0v) is 11.7. The summed E-state index contributed by atoms with van der Waals surface area (Å²) in [7, 11) is 0. The molecule has 1 N–H and O–H groups in total. The number of hydrogen-bond acceptors (Lipinski definition) is 1. The molecular weight excluding hydrogens is 225 g/mol. The Labute approximate surface area is 111 Å². The van der Waals surface area contributed by atoms with Crippen LogP contribution in [0, 0.1) is 11.7 Å². The number of rotatable bonds is 9. The van der Waals surface area contributed by atoms with Crippen molar-refractivity contribution in [2.24, 2.45) is 5.92 Å². The van der Waals surface area contributed by atoms with E-state index in [0.29, 0.717) is 6.54 Å². The fourth-order valence-corrected chi connectivity index (χ4v) is 2.02. The molecule has 0 aliphatic carbocycles. The molecule has 0 aromatic heterocycles. The van der Waals surface area contributed by atoms with Gasteiger partial charge in [-0.25, -0.2) is 4.39 Å². The summed E-state index contributed by atoms with van der Waals surface area (Å²) in [5.41, 5.74) is 0.761. The normalized spacial score (nSPS) is 11.1. The van der Waals surface area contributed by atoms with Gasteiger partial charge in [-0.1, -0.05) is 57.7 Å². The van der Waals surface area contributed by atoms with Gasteiger partial charge in [-0.3, -0.25) is 0 Å². The van der Waals surface area contributed by atoms with E-state index in [1.165, 1.54) is 38.2 Å². The molecule has 0 aliphatic rings. The Hall–Kier alpha value is -0.890. The zero-order chi connectivity index (χ0) is 13.2. The van der Waals surface area contributed by atoms with E-state index in [-0.39, 0.29) is 5.82 Å². The van der Waals surface area contributed by atoms with Gasteiger partial charge in [0.05, 0.1) is 0 Å². The van der Waals surface area contributed by atoms with Gasteiger partial charge in [-0.05, 0) is 24.9 Å². The van der Waals surface area contributed by atoms with E-state index in [1.54, 1.807) is 6.07 Å². The standard InChI is InChI=1S/C16H26FN/c1-14(2)9-5-3-4-8-12-18-13-15-10-6-7-11-16(15)17/h6-7,10-11,14,18H,3-5,8-9,12-13H2,1-2H3. The van der Waals surface area contributed by atoms with Crippen LogP contribution in [-0.4, -0.2) is 6.54 Å². The molecule has 0 atom stereocenters. The summed E-state index contributed by atoms with van der Waals surface area (Å²) >= 11 is 0. The highest BCUT2D eigenvalue weighted by molar-refractivity contribution is 5.16. The lowest BCUT2D eigenvalue weighted by Gasteiger charge is -2.06. The highest BCUT2D eigenvalue weighted by Crippen LogP contribution is 2.09. The third kappa shape index (κ3) is 6.75. The van der Waals surface area contributed by atoms with Crippen molar-refractivity contribution in [1.29, 1.82) is 0 Å².